The van der Waals surface area contributed by atoms with E-state index in [1.54, 1.807) is 24.3 Å². The van der Waals surface area contributed by atoms with Crippen molar-refractivity contribution in [1.82, 2.24) is 9.97 Å². The van der Waals surface area contributed by atoms with Crippen molar-refractivity contribution in [2.24, 2.45) is 0 Å². The van der Waals surface area contributed by atoms with Gasteiger partial charge in [-0.15, -0.1) is 0 Å². The summed E-state index contributed by atoms with van der Waals surface area (Å²) in [6, 6.07) is 12.5. The lowest BCUT2D eigenvalue weighted by Gasteiger charge is -2.13. The van der Waals surface area contributed by atoms with E-state index in [-0.39, 0.29) is 17.6 Å². The van der Waals surface area contributed by atoms with Crippen molar-refractivity contribution in [3.63, 3.8) is 0 Å². The second kappa shape index (κ2) is 8.30. The average Bonchev–Trinajstić information content (AvgIpc) is 2.67. The van der Waals surface area contributed by atoms with Gasteiger partial charge in [0.1, 0.15) is 11.5 Å². The molecular formula is C19H20N6O4. The van der Waals surface area contributed by atoms with Gasteiger partial charge in [-0.05, 0) is 36.8 Å². The van der Waals surface area contributed by atoms with Crippen molar-refractivity contribution in [2.45, 2.75) is 6.92 Å². The van der Waals surface area contributed by atoms with Crippen LogP contribution < -0.4 is 25.8 Å². The Bertz CT molecular complexity index is 1060. The third-order valence-electron chi connectivity index (χ3n) is 4.03. The Labute approximate surface area is 166 Å². The van der Waals surface area contributed by atoms with E-state index in [9.17, 15) is 10.1 Å². The minimum Gasteiger partial charge on any atom is -0.497 e. The molecule has 0 atom stereocenters. The first-order valence-corrected chi connectivity index (χ1v) is 8.56. The number of aryl methyl sites for hydroxylation is 1. The van der Waals surface area contributed by atoms with Crippen LogP contribution in [0.2, 0.25) is 0 Å². The SMILES string of the molecule is COc1ccc(OC)c(Nc2nc(N)c([N+](=O)[O-])c(Nc3cccc(C)c3)n2)c1. The zero-order valence-electron chi connectivity index (χ0n) is 16.1. The molecule has 0 bridgehead atoms. The van der Waals surface area contributed by atoms with Crippen molar-refractivity contribution >= 4 is 34.6 Å². The molecule has 4 N–H and O–H groups in total. The van der Waals surface area contributed by atoms with Gasteiger partial charge in [0, 0.05) is 11.8 Å². The third-order valence-corrected chi connectivity index (χ3v) is 4.03. The molecule has 0 saturated heterocycles. The lowest BCUT2D eigenvalue weighted by molar-refractivity contribution is -0.383. The maximum absolute atomic E-state index is 11.5. The number of hydrogen-bond acceptors (Lipinski definition) is 9. The summed E-state index contributed by atoms with van der Waals surface area (Å²) in [7, 11) is 3.05. The summed E-state index contributed by atoms with van der Waals surface area (Å²) >= 11 is 0. The van der Waals surface area contributed by atoms with E-state index in [1.807, 2.05) is 25.1 Å². The lowest BCUT2D eigenvalue weighted by atomic mass is 10.2. The van der Waals surface area contributed by atoms with E-state index in [4.69, 9.17) is 15.2 Å². The number of nitrogens with zero attached hydrogens (tertiary/aromatic N) is 3. The third kappa shape index (κ3) is 4.43. The maximum Gasteiger partial charge on any atom is 0.353 e. The fourth-order valence-electron chi connectivity index (χ4n) is 2.69. The molecule has 2 aromatic carbocycles. The first-order valence-electron chi connectivity index (χ1n) is 8.56. The minimum absolute atomic E-state index is 0.0301. The second-order valence-corrected chi connectivity index (χ2v) is 6.07. The first-order chi connectivity index (χ1) is 13.9. The summed E-state index contributed by atoms with van der Waals surface area (Å²) < 4.78 is 10.5. The van der Waals surface area contributed by atoms with Crippen molar-refractivity contribution < 1.29 is 14.4 Å². The number of benzene rings is 2. The molecule has 3 rings (SSSR count). The summed E-state index contributed by atoms with van der Waals surface area (Å²) in [6.45, 7) is 1.91. The Morgan fingerprint density at radius 3 is 2.52 bits per heavy atom. The number of anilines is 5. The number of rotatable bonds is 7. The van der Waals surface area contributed by atoms with Crippen LogP contribution in [-0.4, -0.2) is 29.1 Å². The Morgan fingerprint density at radius 1 is 1.07 bits per heavy atom. The van der Waals surface area contributed by atoms with Crippen LogP contribution in [0.1, 0.15) is 5.56 Å². The molecule has 0 aliphatic rings. The zero-order valence-corrected chi connectivity index (χ0v) is 16.1. The molecule has 0 aliphatic heterocycles. The lowest BCUT2D eigenvalue weighted by Crippen LogP contribution is -2.09. The molecule has 0 spiro atoms. The van der Waals surface area contributed by atoms with Gasteiger partial charge in [-0.25, -0.2) is 0 Å². The van der Waals surface area contributed by atoms with Gasteiger partial charge in [-0.1, -0.05) is 12.1 Å². The highest BCUT2D eigenvalue weighted by Gasteiger charge is 2.24. The molecule has 0 aliphatic carbocycles. The van der Waals surface area contributed by atoms with Crippen LogP contribution in [0.25, 0.3) is 0 Å². The molecule has 0 saturated carbocycles. The molecule has 0 fully saturated rings. The number of hydrogen-bond donors (Lipinski definition) is 3. The predicted octanol–water partition coefficient (Wildman–Crippen LogP) is 3.78. The van der Waals surface area contributed by atoms with Gasteiger partial charge in [0.15, 0.2) is 0 Å². The van der Waals surface area contributed by atoms with E-state index in [0.29, 0.717) is 22.9 Å². The number of methoxy groups -OCH3 is 2. The Morgan fingerprint density at radius 2 is 1.86 bits per heavy atom. The molecule has 3 aromatic rings. The monoisotopic (exact) mass is 396 g/mol. The van der Waals surface area contributed by atoms with Gasteiger partial charge in [0.2, 0.25) is 17.6 Å². The van der Waals surface area contributed by atoms with Crippen LogP contribution in [0.5, 0.6) is 11.5 Å². The van der Waals surface area contributed by atoms with E-state index in [1.165, 1.54) is 14.2 Å². The summed E-state index contributed by atoms with van der Waals surface area (Å²) in [4.78, 5) is 19.2. The number of nitrogens with two attached hydrogens (primary N) is 1. The van der Waals surface area contributed by atoms with Gasteiger partial charge < -0.3 is 25.8 Å². The Balaban J connectivity index is 2.03. The van der Waals surface area contributed by atoms with E-state index >= 15 is 0 Å². The molecule has 1 heterocycles. The maximum atomic E-state index is 11.5. The zero-order chi connectivity index (χ0) is 21.0. The first kappa shape index (κ1) is 19.7. The van der Waals surface area contributed by atoms with Crippen LogP contribution in [0.3, 0.4) is 0 Å². The Hall–Kier alpha value is -4.08. The molecule has 10 nitrogen and oxygen atoms in total. The minimum atomic E-state index is -0.622. The van der Waals surface area contributed by atoms with Crippen LogP contribution in [0.15, 0.2) is 42.5 Å². The van der Waals surface area contributed by atoms with Crippen molar-refractivity contribution in [3.05, 3.63) is 58.1 Å². The predicted molar refractivity (Wildman–Crippen MR) is 110 cm³/mol. The number of nitro groups is 1. The molecule has 0 radical (unpaired) electrons. The quantitative estimate of drug-likeness (QED) is 0.402. The number of aromatic nitrogens is 2. The highest BCUT2D eigenvalue weighted by atomic mass is 16.6. The Kier molecular flexibility index (Phi) is 5.63. The largest absolute Gasteiger partial charge is 0.497 e. The second-order valence-electron chi connectivity index (χ2n) is 6.07. The average molecular weight is 396 g/mol. The standard InChI is InChI=1S/C19H20N6O4/c1-11-5-4-6-12(9-11)21-18-16(25(26)27)17(20)23-19(24-18)22-14-10-13(28-2)7-8-15(14)29-3/h4-10H,1-3H3,(H4,20,21,22,23,24). The normalized spacial score (nSPS) is 10.3. The smallest absolute Gasteiger partial charge is 0.353 e. The topological polar surface area (TPSA) is 137 Å². The van der Waals surface area contributed by atoms with E-state index in [2.05, 4.69) is 20.6 Å². The number of nitrogen functional groups attached to an aromatic ring is 1. The van der Waals surface area contributed by atoms with Crippen molar-refractivity contribution in [2.75, 3.05) is 30.6 Å². The summed E-state index contributed by atoms with van der Waals surface area (Å²) in [5.74, 6) is 0.859. The molecule has 0 unspecified atom stereocenters. The van der Waals surface area contributed by atoms with Gasteiger partial charge in [0.25, 0.3) is 0 Å². The van der Waals surface area contributed by atoms with Crippen LogP contribution in [0, 0.1) is 17.0 Å². The molecule has 150 valence electrons. The molecule has 10 heteroatoms. The fraction of sp³-hybridized carbons (Fsp3) is 0.158. The van der Waals surface area contributed by atoms with Crippen LogP contribution in [0.4, 0.5) is 34.6 Å². The van der Waals surface area contributed by atoms with Crippen LogP contribution >= 0.6 is 0 Å². The summed E-state index contributed by atoms with van der Waals surface area (Å²) in [6.07, 6.45) is 0. The number of nitrogens with one attached hydrogen (secondary N) is 2. The van der Waals surface area contributed by atoms with Crippen molar-refractivity contribution in [3.8, 4) is 11.5 Å². The molecule has 1 aromatic heterocycles. The van der Waals surface area contributed by atoms with Crippen molar-refractivity contribution in [1.29, 1.82) is 0 Å². The molecule has 29 heavy (non-hydrogen) atoms. The van der Waals surface area contributed by atoms with Gasteiger partial charge in [-0.3, -0.25) is 10.1 Å². The van der Waals surface area contributed by atoms with Gasteiger partial charge in [-0.2, -0.15) is 9.97 Å². The number of ether oxygens (including phenoxy) is 2. The summed E-state index contributed by atoms with van der Waals surface area (Å²) in [5.41, 5.74) is 7.59. The fourth-order valence-corrected chi connectivity index (χ4v) is 2.69. The van der Waals surface area contributed by atoms with E-state index in [0.717, 1.165) is 5.56 Å². The van der Waals surface area contributed by atoms with E-state index < -0.39 is 10.6 Å². The molecular weight excluding hydrogens is 376 g/mol. The highest BCUT2D eigenvalue weighted by Crippen LogP contribution is 2.35. The summed E-state index contributed by atoms with van der Waals surface area (Å²) in [5, 5.41) is 17.4. The molecule has 0 amide bonds. The van der Waals surface area contributed by atoms with Crippen LogP contribution in [-0.2, 0) is 0 Å². The highest BCUT2D eigenvalue weighted by molar-refractivity contribution is 5.76. The van der Waals surface area contributed by atoms with Gasteiger partial charge in [0.05, 0.1) is 24.8 Å². The van der Waals surface area contributed by atoms with Gasteiger partial charge >= 0.3 is 5.69 Å².